The molecule has 0 N–H and O–H groups in total. The maximum Gasteiger partial charge on any atom is 0.0176 e. The molecule has 0 aromatic rings. The summed E-state index contributed by atoms with van der Waals surface area (Å²) in [6.07, 6.45) is 2.58. The van der Waals surface area contributed by atoms with Gasteiger partial charge in [0.05, 0.1) is 0 Å². The van der Waals surface area contributed by atoms with Crippen molar-refractivity contribution in [2.24, 2.45) is 28.6 Å². The van der Waals surface area contributed by atoms with Crippen molar-refractivity contribution in [3.05, 3.63) is 0 Å². The molecule has 1 heteroatoms. The third kappa shape index (κ3) is 8.05. The minimum Gasteiger partial charge on any atom is -0.298 e. The fourth-order valence-corrected chi connectivity index (χ4v) is 3.18. The molecule has 0 spiro atoms. The topological polar surface area (TPSA) is 3.24 Å². The second kappa shape index (κ2) is 8.37. The van der Waals surface area contributed by atoms with Crippen molar-refractivity contribution in [3.8, 4) is 0 Å². The number of nitrogens with zero attached hydrogens (tertiary/aromatic N) is 1. The van der Waals surface area contributed by atoms with Crippen LogP contribution in [-0.2, 0) is 0 Å². The van der Waals surface area contributed by atoms with E-state index < -0.39 is 0 Å². The van der Waals surface area contributed by atoms with Crippen molar-refractivity contribution in [2.45, 2.75) is 101 Å². The van der Waals surface area contributed by atoms with E-state index in [9.17, 15) is 0 Å². The molecule has 23 heavy (non-hydrogen) atoms. The Morgan fingerprint density at radius 2 is 1.22 bits per heavy atom. The monoisotopic (exact) mass is 325 g/mol. The molecule has 0 amide bonds. The lowest BCUT2D eigenvalue weighted by molar-refractivity contribution is 0.0392. The van der Waals surface area contributed by atoms with Crippen LogP contribution in [-0.4, -0.2) is 23.5 Å². The molecule has 0 aliphatic rings. The molecule has 0 bridgehead atoms. The lowest BCUT2D eigenvalue weighted by atomic mass is 9.77. The zero-order chi connectivity index (χ0) is 18.6. The highest BCUT2D eigenvalue weighted by Gasteiger charge is 2.33. The van der Waals surface area contributed by atoms with E-state index in [2.05, 4.69) is 88.0 Å². The molecule has 0 aromatic carbocycles. The van der Waals surface area contributed by atoms with Crippen LogP contribution >= 0.6 is 0 Å². The van der Waals surface area contributed by atoms with Crippen LogP contribution in [0.3, 0.4) is 0 Å². The zero-order valence-electron chi connectivity index (χ0n) is 18.5. The van der Waals surface area contributed by atoms with E-state index in [0.717, 1.165) is 11.8 Å². The Bertz CT molecular complexity index is 330. The van der Waals surface area contributed by atoms with E-state index in [0.29, 0.717) is 16.7 Å². The van der Waals surface area contributed by atoms with Gasteiger partial charge in [0.2, 0.25) is 0 Å². The smallest absolute Gasteiger partial charge is 0.0176 e. The van der Waals surface area contributed by atoms with Gasteiger partial charge >= 0.3 is 0 Å². The van der Waals surface area contributed by atoms with E-state index in [1.807, 2.05) is 0 Å². The van der Waals surface area contributed by atoms with Crippen molar-refractivity contribution in [2.75, 3.05) is 13.1 Å². The second-order valence-electron chi connectivity index (χ2n) is 11.0. The molecular formula is C22H47N. The third-order valence-electron chi connectivity index (χ3n) is 6.31. The van der Waals surface area contributed by atoms with Crippen LogP contribution in [0.4, 0.5) is 0 Å². The van der Waals surface area contributed by atoms with Gasteiger partial charge < -0.3 is 0 Å². The summed E-state index contributed by atoms with van der Waals surface area (Å²) in [7, 11) is 0. The van der Waals surface area contributed by atoms with Crippen LogP contribution in [0.15, 0.2) is 0 Å². The van der Waals surface area contributed by atoms with Gasteiger partial charge in [-0.25, -0.2) is 0 Å². The Balaban J connectivity index is 5.05. The molecule has 0 aliphatic carbocycles. The summed E-state index contributed by atoms with van der Waals surface area (Å²) < 4.78 is 0. The van der Waals surface area contributed by atoms with E-state index >= 15 is 0 Å². The van der Waals surface area contributed by atoms with Crippen LogP contribution < -0.4 is 0 Å². The molecule has 0 aliphatic heterocycles. The Kier molecular flexibility index (Phi) is 8.35. The van der Waals surface area contributed by atoms with Crippen molar-refractivity contribution >= 4 is 0 Å². The van der Waals surface area contributed by atoms with E-state index in [1.54, 1.807) is 0 Å². The highest BCUT2D eigenvalue weighted by atomic mass is 15.2. The van der Waals surface area contributed by atoms with Gasteiger partial charge in [0, 0.05) is 12.1 Å². The minimum absolute atomic E-state index is 0.263. The number of hydrogen-bond donors (Lipinski definition) is 0. The van der Waals surface area contributed by atoms with Gasteiger partial charge in [0.1, 0.15) is 0 Å². The molecule has 1 atom stereocenters. The summed E-state index contributed by atoms with van der Waals surface area (Å²) in [6, 6.07) is 0. The summed E-state index contributed by atoms with van der Waals surface area (Å²) in [5, 5.41) is 0. The minimum atomic E-state index is 0.263. The lowest BCUT2D eigenvalue weighted by Crippen LogP contribution is -2.51. The van der Waals surface area contributed by atoms with E-state index in [4.69, 9.17) is 0 Å². The molecule has 0 aromatic heterocycles. The first-order chi connectivity index (χ1) is 10.1. The van der Waals surface area contributed by atoms with Crippen LogP contribution in [0.1, 0.15) is 95.9 Å². The second-order valence-corrected chi connectivity index (χ2v) is 11.0. The van der Waals surface area contributed by atoms with Gasteiger partial charge in [-0.2, -0.15) is 0 Å². The zero-order valence-corrected chi connectivity index (χ0v) is 18.5. The molecule has 1 nitrogen and oxygen atoms in total. The van der Waals surface area contributed by atoms with Gasteiger partial charge in [0.25, 0.3) is 0 Å². The van der Waals surface area contributed by atoms with Crippen LogP contribution in [0.2, 0.25) is 0 Å². The lowest BCUT2D eigenvalue weighted by Gasteiger charge is -2.45. The Hall–Kier alpha value is -0.0400. The van der Waals surface area contributed by atoms with Gasteiger partial charge in [-0.1, -0.05) is 69.2 Å². The van der Waals surface area contributed by atoms with Gasteiger partial charge in [0.15, 0.2) is 0 Å². The Morgan fingerprint density at radius 3 is 1.57 bits per heavy atom. The molecule has 0 radical (unpaired) electrons. The average molecular weight is 326 g/mol. The maximum absolute atomic E-state index is 2.78. The van der Waals surface area contributed by atoms with Crippen molar-refractivity contribution < 1.29 is 0 Å². The van der Waals surface area contributed by atoms with Crippen molar-refractivity contribution in [1.82, 2.24) is 4.90 Å². The standard InChI is InChI=1S/C22H47N/c1-17(2)21(9,10)13-14-23(22(11,12)18(3)4)16-19(5)15-20(6,7)8/h17-19H,13-16H2,1-12H3. The molecule has 0 heterocycles. The largest absolute Gasteiger partial charge is 0.298 e. The molecule has 0 saturated heterocycles. The fraction of sp³-hybridized carbons (Fsp3) is 1.00. The highest BCUT2D eigenvalue weighted by Crippen LogP contribution is 2.34. The normalized spacial score (nSPS) is 15.8. The predicted molar refractivity (Wildman–Crippen MR) is 107 cm³/mol. The maximum atomic E-state index is 2.78. The summed E-state index contributed by atoms with van der Waals surface area (Å²) in [5.41, 5.74) is 1.10. The summed E-state index contributed by atoms with van der Waals surface area (Å²) in [4.78, 5) is 2.78. The SMILES string of the molecule is CC(CN(CCC(C)(C)C(C)C)C(C)(C)C(C)C)CC(C)(C)C. The Labute approximate surface area is 148 Å². The molecule has 140 valence electrons. The number of hydrogen-bond acceptors (Lipinski definition) is 1. The third-order valence-corrected chi connectivity index (χ3v) is 6.31. The summed E-state index contributed by atoms with van der Waals surface area (Å²) >= 11 is 0. The van der Waals surface area contributed by atoms with Crippen LogP contribution in [0.25, 0.3) is 0 Å². The van der Waals surface area contributed by atoms with Gasteiger partial charge in [-0.3, -0.25) is 4.90 Å². The van der Waals surface area contributed by atoms with Gasteiger partial charge in [-0.15, -0.1) is 0 Å². The van der Waals surface area contributed by atoms with Crippen LogP contribution in [0, 0.1) is 28.6 Å². The fourth-order valence-electron chi connectivity index (χ4n) is 3.18. The summed E-state index contributed by atoms with van der Waals surface area (Å²) in [6.45, 7) is 31.1. The van der Waals surface area contributed by atoms with Gasteiger partial charge in [-0.05, 0) is 61.8 Å². The first kappa shape index (κ1) is 23.0. The molecular weight excluding hydrogens is 278 g/mol. The van der Waals surface area contributed by atoms with E-state index in [1.165, 1.54) is 25.9 Å². The quantitative estimate of drug-likeness (QED) is 0.447. The average Bonchev–Trinajstić information content (AvgIpc) is 2.31. The molecule has 0 saturated carbocycles. The first-order valence-corrected chi connectivity index (χ1v) is 9.84. The number of rotatable bonds is 9. The first-order valence-electron chi connectivity index (χ1n) is 9.84. The molecule has 0 rings (SSSR count). The molecule has 1 unspecified atom stereocenters. The predicted octanol–water partition coefficient (Wildman–Crippen LogP) is 6.87. The van der Waals surface area contributed by atoms with E-state index in [-0.39, 0.29) is 5.54 Å². The molecule has 0 fully saturated rings. The van der Waals surface area contributed by atoms with Crippen LogP contribution in [0.5, 0.6) is 0 Å². The highest BCUT2D eigenvalue weighted by molar-refractivity contribution is 4.87. The van der Waals surface area contributed by atoms with Crippen molar-refractivity contribution in [3.63, 3.8) is 0 Å². The summed E-state index contributed by atoms with van der Waals surface area (Å²) in [5.74, 6) is 2.15. The Morgan fingerprint density at radius 1 is 0.739 bits per heavy atom. The van der Waals surface area contributed by atoms with Crippen molar-refractivity contribution in [1.29, 1.82) is 0 Å².